The molecule has 0 bridgehead atoms. The third-order valence-corrected chi connectivity index (χ3v) is 5.06. The lowest BCUT2D eigenvalue weighted by Gasteiger charge is -2.50. The third-order valence-electron chi connectivity index (χ3n) is 3.76. The van der Waals surface area contributed by atoms with Gasteiger partial charge in [-0.1, -0.05) is 6.07 Å². The third kappa shape index (κ3) is 2.55. The van der Waals surface area contributed by atoms with Gasteiger partial charge in [-0.25, -0.2) is 4.79 Å². The smallest absolute Gasteiger partial charge is 0.333 e. The average molecular weight is 334 g/mol. The van der Waals surface area contributed by atoms with E-state index in [1.807, 2.05) is 0 Å². The second-order valence-corrected chi connectivity index (χ2v) is 6.37. The number of benzene rings is 1. The molecule has 7 nitrogen and oxygen atoms in total. The quantitative estimate of drug-likeness (QED) is 0.800. The van der Waals surface area contributed by atoms with Gasteiger partial charge in [0.05, 0.1) is 5.57 Å². The second-order valence-electron chi connectivity index (χ2n) is 5.26. The predicted molar refractivity (Wildman–Crippen MR) is 83.9 cm³/mol. The maximum atomic E-state index is 12.4. The lowest BCUT2D eigenvalue weighted by Crippen LogP contribution is -2.69. The van der Waals surface area contributed by atoms with Crippen molar-refractivity contribution in [2.75, 3.05) is 10.7 Å². The van der Waals surface area contributed by atoms with Crippen LogP contribution < -0.4 is 4.90 Å². The van der Waals surface area contributed by atoms with Gasteiger partial charge in [-0.15, -0.1) is 11.8 Å². The molecule has 3 rings (SSSR count). The summed E-state index contributed by atoms with van der Waals surface area (Å²) in [6.07, 6.45) is 1.34. The number of amides is 2. The van der Waals surface area contributed by atoms with Crippen molar-refractivity contribution in [3.8, 4) is 5.75 Å². The molecule has 0 saturated carbocycles. The summed E-state index contributed by atoms with van der Waals surface area (Å²) in [5, 5.41) is 18.3. The van der Waals surface area contributed by atoms with Crippen molar-refractivity contribution in [3.63, 3.8) is 0 Å². The summed E-state index contributed by atoms with van der Waals surface area (Å²) in [6, 6.07) is 5.43. The molecule has 0 radical (unpaired) electrons. The Morgan fingerprint density at radius 1 is 1.39 bits per heavy atom. The summed E-state index contributed by atoms with van der Waals surface area (Å²) >= 11 is 1.31. The number of β-lactam (4-membered cyclic amide) rings is 1. The van der Waals surface area contributed by atoms with E-state index in [9.17, 15) is 19.5 Å². The Morgan fingerprint density at radius 3 is 2.74 bits per heavy atom. The second kappa shape index (κ2) is 5.62. The first-order chi connectivity index (χ1) is 10.9. The summed E-state index contributed by atoms with van der Waals surface area (Å²) < 4.78 is 0. The first kappa shape index (κ1) is 15.4. The van der Waals surface area contributed by atoms with Crippen molar-refractivity contribution in [2.45, 2.75) is 18.3 Å². The van der Waals surface area contributed by atoms with Crippen molar-refractivity contribution in [1.82, 2.24) is 4.90 Å². The van der Waals surface area contributed by atoms with Crippen molar-refractivity contribution < 1.29 is 24.6 Å². The molecule has 0 aromatic heterocycles. The number of carbonyl (C=O) groups is 3. The number of hydrogen-bond acceptors (Lipinski definition) is 5. The van der Waals surface area contributed by atoms with Gasteiger partial charge in [0, 0.05) is 30.6 Å². The standard InChI is InChI=1S/C15H14N2O5S/c1-8(18)17(10-3-2-4-11(19)5-10)12-13(20)16-6-9(15(21)22)7-23-14(12)16/h2-6,12,14,19H,7H2,1H3,(H,21,22)/t12?,14-/m1/s1. The number of anilines is 1. The van der Waals surface area contributed by atoms with Gasteiger partial charge in [-0.05, 0) is 12.1 Å². The van der Waals surface area contributed by atoms with Gasteiger partial charge in [0.15, 0.2) is 0 Å². The molecule has 2 N–H and O–H groups in total. The highest BCUT2D eigenvalue weighted by atomic mass is 32.2. The van der Waals surface area contributed by atoms with Gasteiger partial charge in [0.2, 0.25) is 5.91 Å². The number of fused-ring (bicyclic) bond motifs is 1. The molecule has 2 atom stereocenters. The molecule has 2 amide bonds. The van der Waals surface area contributed by atoms with E-state index < -0.39 is 12.0 Å². The van der Waals surface area contributed by atoms with Crippen molar-refractivity contribution in [1.29, 1.82) is 0 Å². The van der Waals surface area contributed by atoms with Crippen molar-refractivity contribution in [2.24, 2.45) is 0 Å². The fourth-order valence-corrected chi connectivity index (χ4v) is 3.99. The SMILES string of the molecule is CC(=O)N(c1cccc(O)c1)C1C(=O)N2C=C(C(=O)O)CS[C@H]12. The molecule has 2 heterocycles. The number of thioether (sulfide) groups is 1. The zero-order valence-electron chi connectivity index (χ0n) is 12.2. The van der Waals surface area contributed by atoms with Crippen LogP contribution in [0.3, 0.4) is 0 Å². The minimum Gasteiger partial charge on any atom is -0.508 e. The Bertz CT molecular complexity index is 732. The Balaban J connectivity index is 1.91. The maximum Gasteiger partial charge on any atom is 0.333 e. The number of carbonyl (C=O) groups excluding carboxylic acids is 2. The van der Waals surface area contributed by atoms with Crippen LogP contribution in [0.2, 0.25) is 0 Å². The number of aromatic hydroxyl groups is 1. The molecule has 1 saturated heterocycles. The molecule has 0 spiro atoms. The summed E-state index contributed by atoms with van der Waals surface area (Å²) in [4.78, 5) is 38.1. The first-order valence-corrected chi connectivity index (χ1v) is 7.91. The summed E-state index contributed by atoms with van der Waals surface area (Å²) in [7, 11) is 0. The van der Waals surface area contributed by atoms with Gasteiger partial charge >= 0.3 is 5.97 Å². The number of carboxylic acid groups (broad SMARTS) is 1. The van der Waals surface area contributed by atoms with E-state index >= 15 is 0 Å². The van der Waals surface area contributed by atoms with Crippen LogP contribution in [0.4, 0.5) is 5.69 Å². The van der Waals surface area contributed by atoms with Gasteiger partial charge in [0.25, 0.3) is 5.91 Å². The Labute approximate surface area is 136 Å². The van der Waals surface area contributed by atoms with E-state index in [2.05, 4.69) is 0 Å². The molecule has 2 aliphatic rings. The largest absolute Gasteiger partial charge is 0.508 e. The number of aliphatic carboxylic acids is 1. The maximum absolute atomic E-state index is 12.4. The monoisotopic (exact) mass is 334 g/mol. The molecule has 1 aromatic carbocycles. The van der Waals surface area contributed by atoms with Crippen LogP contribution in [-0.4, -0.2) is 50.1 Å². The molecular formula is C15H14N2O5S. The van der Waals surface area contributed by atoms with Crippen LogP contribution in [0.1, 0.15) is 6.92 Å². The molecule has 1 fully saturated rings. The Hall–Kier alpha value is -2.48. The molecule has 2 aliphatic heterocycles. The number of rotatable bonds is 3. The molecule has 1 unspecified atom stereocenters. The highest BCUT2D eigenvalue weighted by molar-refractivity contribution is 8.00. The number of nitrogens with zero attached hydrogens (tertiary/aromatic N) is 2. The van der Waals surface area contributed by atoms with Gasteiger partial charge in [0.1, 0.15) is 17.2 Å². The lowest BCUT2D eigenvalue weighted by atomic mass is 10.0. The normalized spacial score (nSPS) is 22.7. The summed E-state index contributed by atoms with van der Waals surface area (Å²) in [5.74, 6) is -1.43. The average Bonchev–Trinajstić information content (AvgIpc) is 2.51. The Kier molecular flexibility index (Phi) is 3.77. The van der Waals surface area contributed by atoms with Crippen molar-refractivity contribution in [3.05, 3.63) is 36.0 Å². The van der Waals surface area contributed by atoms with E-state index in [0.717, 1.165) is 0 Å². The number of phenolic OH excluding ortho intramolecular Hbond substituents is 1. The number of phenols is 1. The Morgan fingerprint density at radius 2 is 2.13 bits per heavy atom. The van der Waals surface area contributed by atoms with E-state index in [1.54, 1.807) is 12.1 Å². The van der Waals surface area contributed by atoms with E-state index in [1.165, 1.54) is 46.8 Å². The molecule has 1 aromatic rings. The van der Waals surface area contributed by atoms with Gasteiger partial charge in [-0.3, -0.25) is 14.5 Å². The highest BCUT2D eigenvalue weighted by Crippen LogP contribution is 2.40. The summed E-state index contributed by atoms with van der Waals surface area (Å²) in [5.41, 5.74) is 0.592. The molecule has 8 heteroatoms. The molecular weight excluding hydrogens is 320 g/mol. The zero-order chi connectivity index (χ0) is 16.7. The van der Waals surface area contributed by atoms with Crippen LogP contribution in [0, 0.1) is 0 Å². The van der Waals surface area contributed by atoms with Gasteiger partial charge < -0.3 is 15.1 Å². The molecule has 23 heavy (non-hydrogen) atoms. The lowest BCUT2D eigenvalue weighted by molar-refractivity contribution is -0.142. The first-order valence-electron chi connectivity index (χ1n) is 6.86. The fourth-order valence-electron chi connectivity index (χ4n) is 2.70. The topological polar surface area (TPSA) is 98.2 Å². The van der Waals surface area contributed by atoms with Crippen LogP contribution in [0.5, 0.6) is 5.75 Å². The zero-order valence-corrected chi connectivity index (χ0v) is 13.0. The van der Waals surface area contributed by atoms with Gasteiger partial charge in [-0.2, -0.15) is 0 Å². The van der Waals surface area contributed by atoms with E-state index in [-0.39, 0.29) is 34.3 Å². The van der Waals surface area contributed by atoms with Crippen molar-refractivity contribution >= 4 is 35.2 Å². The van der Waals surface area contributed by atoms with Crippen LogP contribution in [-0.2, 0) is 14.4 Å². The predicted octanol–water partition coefficient (Wildman–Crippen LogP) is 0.997. The van der Waals surface area contributed by atoms with Crippen LogP contribution in [0.25, 0.3) is 0 Å². The van der Waals surface area contributed by atoms with Crippen LogP contribution in [0.15, 0.2) is 36.0 Å². The van der Waals surface area contributed by atoms with Crippen LogP contribution >= 0.6 is 11.8 Å². The summed E-state index contributed by atoms with van der Waals surface area (Å²) in [6.45, 7) is 1.35. The van der Waals surface area contributed by atoms with E-state index in [0.29, 0.717) is 5.69 Å². The van der Waals surface area contributed by atoms with E-state index in [4.69, 9.17) is 5.11 Å². The fraction of sp³-hybridized carbons (Fsp3) is 0.267. The minimum atomic E-state index is -1.05. The molecule has 0 aliphatic carbocycles. The highest BCUT2D eigenvalue weighted by Gasteiger charge is 2.53. The minimum absolute atomic E-state index is 0.00161. The molecule has 120 valence electrons. The number of carboxylic acids is 1. The number of hydrogen-bond donors (Lipinski definition) is 2.